The average molecular weight is 429 g/mol. The summed E-state index contributed by atoms with van der Waals surface area (Å²) in [7, 11) is 0. The van der Waals surface area contributed by atoms with E-state index in [1.54, 1.807) is 24.3 Å². The van der Waals surface area contributed by atoms with Gasteiger partial charge in [-0.05, 0) is 31.0 Å². The van der Waals surface area contributed by atoms with Gasteiger partial charge in [0.15, 0.2) is 5.69 Å². The van der Waals surface area contributed by atoms with Gasteiger partial charge < -0.3 is 10.6 Å². The van der Waals surface area contributed by atoms with Crippen LogP contribution in [0.15, 0.2) is 34.9 Å². The highest BCUT2D eigenvalue weighted by Gasteiger charge is 2.38. The molecule has 1 heterocycles. The summed E-state index contributed by atoms with van der Waals surface area (Å²) in [5.41, 5.74) is -1.29. The number of nitrogens with zero attached hydrogens (tertiary/aromatic N) is 2. The Balaban J connectivity index is 1.86. The number of halogens is 4. The van der Waals surface area contributed by atoms with Crippen molar-refractivity contribution in [3.05, 3.63) is 46.2 Å². The predicted molar refractivity (Wildman–Crippen MR) is 94.2 cm³/mol. The molecule has 9 heteroatoms. The van der Waals surface area contributed by atoms with Gasteiger partial charge in [-0.1, -0.05) is 34.8 Å². The topological polar surface area (TPSA) is 66.9 Å². The van der Waals surface area contributed by atoms with Gasteiger partial charge in [0, 0.05) is 22.4 Å². The molecule has 1 aliphatic rings. The van der Waals surface area contributed by atoms with E-state index < -0.39 is 23.3 Å². The maximum atomic E-state index is 13.4. The number of carbonyl (C=O) groups is 1. The summed E-state index contributed by atoms with van der Waals surface area (Å²) >= 11 is 3.28. The lowest BCUT2D eigenvalue weighted by Gasteiger charge is -2.16. The van der Waals surface area contributed by atoms with E-state index in [9.17, 15) is 18.0 Å². The largest absolute Gasteiger partial charge is 0.434 e. The van der Waals surface area contributed by atoms with Crippen molar-refractivity contribution in [1.29, 1.82) is 0 Å². The first-order chi connectivity index (χ1) is 12.3. The molecule has 1 aromatic carbocycles. The van der Waals surface area contributed by atoms with Crippen LogP contribution in [0.25, 0.3) is 0 Å². The third-order valence-electron chi connectivity index (χ3n) is 4.07. The Morgan fingerprint density at radius 2 is 1.96 bits per heavy atom. The zero-order valence-electron chi connectivity index (χ0n) is 13.6. The van der Waals surface area contributed by atoms with Gasteiger partial charge in [0.05, 0.1) is 5.56 Å². The minimum atomic E-state index is -4.76. The summed E-state index contributed by atoms with van der Waals surface area (Å²) in [4.78, 5) is 19.7. The highest BCUT2D eigenvalue weighted by molar-refractivity contribution is 9.10. The number of hydrogen-bond donors (Lipinski definition) is 2. The third-order valence-corrected chi connectivity index (χ3v) is 4.57. The van der Waals surface area contributed by atoms with Crippen LogP contribution in [0.1, 0.15) is 41.7 Å². The van der Waals surface area contributed by atoms with Crippen molar-refractivity contribution in [3.8, 4) is 0 Å². The molecule has 138 valence electrons. The van der Waals surface area contributed by atoms with E-state index in [1.165, 1.54) is 0 Å². The molecule has 1 aromatic heterocycles. The van der Waals surface area contributed by atoms with Crippen LogP contribution in [0.3, 0.4) is 0 Å². The van der Waals surface area contributed by atoms with Crippen molar-refractivity contribution in [2.24, 2.45) is 0 Å². The Hall–Kier alpha value is -2.16. The minimum Gasteiger partial charge on any atom is -0.349 e. The maximum absolute atomic E-state index is 13.4. The molecule has 1 aliphatic carbocycles. The summed E-state index contributed by atoms with van der Waals surface area (Å²) < 4.78 is 41.0. The van der Waals surface area contributed by atoms with Gasteiger partial charge in [-0.15, -0.1) is 0 Å². The molecule has 1 fully saturated rings. The van der Waals surface area contributed by atoms with Crippen molar-refractivity contribution in [2.75, 3.05) is 5.32 Å². The molecule has 0 unspecified atom stereocenters. The minimum absolute atomic E-state index is 0.0944. The van der Waals surface area contributed by atoms with Crippen molar-refractivity contribution in [1.82, 2.24) is 15.3 Å². The quantitative estimate of drug-likeness (QED) is 0.741. The van der Waals surface area contributed by atoms with E-state index in [-0.39, 0.29) is 12.0 Å². The second kappa shape index (κ2) is 7.61. The van der Waals surface area contributed by atoms with E-state index >= 15 is 0 Å². The number of carbonyl (C=O) groups excluding carboxylic acids is 1. The highest BCUT2D eigenvalue weighted by atomic mass is 79.9. The number of rotatable bonds is 4. The fourth-order valence-electron chi connectivity index (χ4n) is 2.85. The fourth-order valence-corrected chi connectivity index (χ4v) is 3.25. The van der Waals surface area contributed by atoms with Crippen molar-refractivity contribution >= 4 is 33.5 Å². The summed E-state index contributed by atoms with van der Waals surface area (Å²) in [6.45, 7) is 0. The smallest absolute Gasteiger partial charge is 0.349 e. The molecule has 5 nitrogen and oxygen atoms in total. The summed E-state index contributed by atoms with van der Waals surface area (Å²) in [6.07, 6.45) is -0.376. The SMILES string of the molecule is O=C(NC1CCCC1)c1cnc(Nc2cccc(Br)c2)nc1C(F)(F)F. The van der Waals surface area contributed by atoms with Crippen LogP contribution in [0, 0.1) is 0 Å². The Kier molecular flexibility index (Phi) is 5.45. The molecule has 0 bridgehead atoms. The number of anilines is 2. The Morgan fingerprint density at radius 3 is 2.62 bits per heavy atom. The number of aromatic nitrogens is 2. The molecule has 1 saturated carbocycles. The Labute approximate surface area is 156 Å². The van der Waals surface area contributed by atoms with Gasteiger partial charge in [-0.2, -0.15) is 13.2 Å². The number of amides is 1. The van der Waals surface area contributed by atoms with Crippen LogP contribution in [-0.4, -0.2) is 21.9 Å². The lowest BCUT2D eigenvalue weighted by molar-refractivity contribution is -0.141. The summed E-state index contributed by atoms with van der Waals surface area (Å²) in [5.74, 6) is -1.02. The lowest BCUT2D eigenvalue weighted by atomic mass is 10.1. The third kappa shape index (κ3) is 4.51. The zero-order valence-corrected chi connectivity index (χ0v) is 15.2. The molecular formula is C17H16BrF3N4O. The zero-order chi connectivity index (χ0) is 18.7. The molecule has 2 aromatic rings. The molecular weight excluding hydrogens is 413 g/mol. The monoisotopic (exact) mass is 428 g/mol. The molecule has 0 radical (unpaired) electrons. The van der Waals surface area contributed by atoms with Gasteiger partial charge in [-0.25, -0.2) is 9.97 Å². The van der Waals surface area contributed by atoms with Crippen LogP contribution in [0.4, 0.5) is 24.8 Å². The molecule has 1 amide bonds. The second-order valence-corrected chi connectivity index (χ2v) is 6.96. The van der Waals surface area contributed by atoms with E-state index in [2.05, 4.69) is 36.5 Å². The predicted octanol–water partition coefficient (Wildman–Crippen LogP) is 4.67. The van der Waals surface area contributed by atoms with Crippen LogP contribution in [0.5, 0.6) is 0 Å². The molecule has 0 saturated heterocycles. The summed E-state index contributed by atoms with van der Waals surface area (Å²) in [6, 6.07) is 6.76. The highest BCUT2D eigenvalue weighted by Crippen LogP contribution is 2.31. The second-order valence-electron chi connectivity index (χ2n) is 6.04. The van der Waals surface area contributed by atoms with Crippen LogP contribution in [-0.2, 0) is 6.18 Å². The Morgan fingerprint density at radius 1 is 1.23 bits per heavy atom. The number of hydrogen-bond acceptors (Lipinski definition) is 4. The first-order valence-corrected chi connectivity index (χ1v) is 8.90. The van der Waals surface area contributed by atoms with Crippen LogP contribution < -0.4 is 10.6 Å². The maximum Gasteiger partial charge on any atom is 0.434 e. The van der Waals surface area contributed by atoms with Crippen LogP contribution in [0.2, 0.25) is 0 Å². The normalized spacial score (nSPS) is 15.1. The average Bonchev–Trinajstić information content (AvgIpc) is 3.07. The van der Waals surface area contributed by atoms with Gasteiger partial charge in [0.1, 0.15) is 0 Å². The molecule has 26 heavy (non-hydrogen) atoms. The van der Waals surface area contributed by atoms with E-state index in [4.69, 9.17) is 0 Å². The molecule has 2 N–H and O–H groups in total. The van der Waals surface area contributed by atoms with Crippen molar-refractivity contribution < 1.29 is 18.0 Å². The lowest BCUT2D eigenvalue weighted by Crippen LogP contribution is -2.34. The molecule has 0 spiro atoms. The summed E-state index contributed by atoms with van der Waals surface area (Å²) in [5, 5.41) is 5.35. The molecule has 3 rings (SSSR count). The molecule has 0 atom stereocenters. The van der Waals surface area contributed by atoms with Crippen LogP contribution >= 0.6 is 15.9 Å². The number of benzene rings is 1. The van der Waals surface area contributed by atoms with E-state index in [0.29, 0.717) is 5.69 Å². The standard InChI is InChI=1S/C17H16BrF3N4O/c18-10-4-3-7-12(8-10)24-16-22-9-13(14(25-16)17(19,20)21)15(26)23-11-5-1-2-6-11/h3-4,7-9,11H,1-2,5-6H2,(H,23,26)(H,22,24,25). The first-order valence-electron chi connectivity index (χ1n) is 8.10. The Bertz CT molecular complexity index is 807. The molecule has 0 aliphatic heterocycles. The number of nitrogens with one attached hydrogen (secondary N) is 2. The van der Waals surface area contributed by atoms with Gasteiger partial charge >= 0.3 is 6.18 Å². The van der Waals surface area contributed by atoms with E-state index in [0.717, 1.165) is 36.4 Å². The van der Waals surface area contributed by atoms with Crippen molar-refractivity contribution in [3.63, 3.8) is 0 Å². The van der Waals surface area contributed by atoms with Gasteiger partial charge in [-0.3, -0.25) is 4.79 Å². The van der Waals surface area contributed by atoms with Gasteiger partial charge in [0.2, 0.25) is 5.95 Å². The fraction of sp³-hybridized carbons (Fsp3) is 0.353. The van der Waals surface area contributed by atoms with Gasteiger partial charge in [0.25, 0.3) is 5.91 Å². The van der Waals surface area contributed by atoms with Crippen molar-refractivity contribution in [2.45, 2.75) is 37.9 Å². The first kappa shape index (κ1) is 18.6. The number of alkyl halides is 3. The van der Waals surface area contributed by atoms with E-state index in [1.807, 2.05) is 0 Å².